The van der Waals surface area contributed by atoms with Crippen LogP contribution in [-0.2, 0) is 0 Å². The molecular formula is C12H19N3. The minimum Gasteiger partial charge on any atom is -0.399 e. The number of hydrogen-bond acceptors (Lipinski definition) is 3. The molecule has 0 aromatic rings. The lowest BCUT2D eigenvalue weighted by Gasteiger charge is -2.32. The minimum absolute atomic E-state index is 0.880. The Hall–Kier alpha value is -1.22. The quantitative estimate of drug-likeness (QED) is 0.691. The average molecular weight is 205 g/mol. The number of rotatable bonds is 1. The summed E-state index contributed by atoms with van der Waals surface area (Å²) in [4.78, 5) is 4.76. The Labute approximate surface area is 91.5 Å². The highest BCUT2D eigenvalue weighted by Gasteiger charge is 2.11. The van der Waals surface area contributed by atoms with Gasteiger partial charge in [0.25, 0.3) is 0 Å². The van der Waals surface area contributed by atoms with Crippen LogP contribution in [0.25, 0.3) is 0 Å². The molecule has 0 amide bonds. The van der Waals surface area contributed by atoms with Gasteiger partial charge in [0, 0.05) is 38.1 Å². The summed E-state index contributed by atoms with van der Waals surface area (Å²) in [6, 6.07) is 0. The summed E-state index contributed by atoms with van der Waals surface area (Å²) < 4.78 is 0. The topological polar surface area (TPSA) is 32.5 Å². The highest BCUT2D eigenvalue weighted by molar-refractivity contribution is 5.33. The largest absolute Gasteiger partial charge is 0.399 e. The number of nitrogens with two attached hydrogens (primary N) is 1. The van der Waals surface area contributed by atoms with Gasteiger partial charge in [-0.05, 0) is 25.1 Å². The third-order valence-corrected chi connectivity index (χ3v) is 2.95. The van der Waals surface area contributed by atoms with E-state index in [-0.39, 0.29) is 0 Å². The fourth-order valence-electron chi connectivity index (χ4n) is 1.86. The van der Waals surface area contributed by atoms with Crippen LogP contribution in [0.15, 0.2) is 35.7 Å². The van der Waals surface area contributed by atoms with Crippen LogP contribution < -0.4 is 5.73 Å². The van der Waals surface area contributed by atoms with Crippen molar-refractivity contribution >= 4 is 0 Å². The lowest BCUT2D eigenvalue weighted by atomic mass is 10.1. The van der Waals surface area contributed by atoms with E-state index in [1.807, 2.05) is 6.08 Å². The van der Waals surface area contributed by atoms with Crippen LogP contribution in [0.4, 0.5) is 0 Å². The molecule has 2 rings (SSSR count). The molecule has 2 N–H and O–H groups in total. The molecule has 1 heterocycles. The van der Waals surface area contributed by atoms with Crippen LogP contribution >= 0.6 is 0 Å². The molecule has 0 atom stereocenters. The Kier molecular flexibility index (Phi) is 3.11. The van der Waals surface area contributed by atoms with Gasteiger partial charge in [-0.25, -0.2) is 0 Å². The van der Waals surface area contributed by atoms with Crippen molar-refractivity contribution in [1.29, 1.82) is 0 Å². The zero-order chi connectivity index (χ0) is 10.7. The van der Waals surface area contributed by atoms with E-state index >= 15 is 0 Å². The zero-order valence-electron chi connectivity index (χ0n) is 9.32. The van der Waals surface area contributed by atoms with Crippen molar-refractivity contribution in [2.75, 3.05) is 33.2 Å². The molecule has 1 aliphatic heterocycles. The Morgan fingerprint density at radius 3 is 2.53 bits per heavy atom. The summed E-state index contributed by atoms with van der Waals surface area (Å²) in [5, 5.41) is 0. The predicted molar refractivity (Wildman–Crippen MR) is 63.2 cm³/mol. The molecule has 15 heavy (non-hydrogen) atoms. The summed E-state index contributed by atoms with van der Waals surface area (Å²) in [6.45, 7) is 4.58. The Morgan fingerprint density at radius 2 is 1.93 bits per heavy atom. The Bertz CT molecular complexity index is 307. The third-order valence-electron chi connectivity index (χ3n) is 2.95. The first-order valence-corrected chi connectivity index (χ1v) is 5.51. The molecule has 3 nitrogen and oxygen atoms in total. The molecule has 0 spiro atoms. The second-order valence-corrected chi connectivity index (χ2v) is 4.28. The van der Waals surface area contributed by atoms with Gasteiger partial charge in [-0.3, -0.25) is 0 Å². The van der Waals surface area contributed by atoms with E-state index in [4.69, 9.17) is 5.73 Å². The van der Waals surface area contributed by atoms with E-state index in [2.05, 4.69) is 35.2 Å². The van der Waals surface area contributed by atoms with E-state index in [0.29, 0.717) is 0 Å². The fraction of sp³-hybridized carbons (Fsp3) is 0.500. The van der Waals surface area contributed by atoms with Gasteiger partial charge in [-0.15, -0.1) is 0 Å². The first kappa shape index (κ1) is 10.3. The van der Waals surface area contributed by atoms with E-state index in [9.17, 15) is 0 Å². The van der Waals surface area contributed by atoms with Crippen LogP contribution in [0, 0.1) is 0 Å². The molecule has 0 saturated carbocycles. The molecule has 1 saturated heterocycles. The zero-order valence-corrected chi connectivity index (χ0v) is 9.32. The van der Waals surface area contributed by atoms with Crippen LogP contribution in [-0.4, -0.2) is 43.0 Å². The lowest BCUT2D eigenvalue weighted by Crippen LogP contribution is -2.41. The number of hydrogen-bond donors (Lipinski definition) is 1. The van der Waals surface area contributed by atoms with Crippen molar-refractivity contribution in [2.45, 2.75) is 6.42 Å². The molecule has 0 unspecified atom stereocenters. The molecule has 82 valence electrons. The van der Waals surface area contributed by atoms with E-state index < -0.39 is 0 Å². The summed E-state index contributed by atoms with van der Waals surface area (Å²) in [5.41, 5.74) is 7.91. The van der Waals surface area contributed by atoms with E-state index in [0.717, 1.165) is 38.3 Å². The predicted octanol–water partition coefficient (Wildman–Crippen LogP) is 0.920. The first-order chi connectivity index (χ1) is 7.24. The highest BCUT2D eigenvalue weighted by Crippen LogP contribution is 2.14. The summed E-state index contributed by atoms with van der Waals surface area (Å²) in [6.07, 6.45) is 9.40. The van der Waals surface area contributed by atoms with Gasteiger partial charge in [0.15, 0.2) is 0 Å². The molecule has 0 aromatic heterocycles. The van der Waals surface area contributed by atoms with E-state index in [1.165, 1.54) is 5.57 Å². The number of likely N-dealkylation sites (N-methyl/N-ethyl adjacent to an activating group) is 1. The average Bonchev–Trinajstić information content (AvgIpc) is 2.25. The molecule has 3 heteroatoms. The number of nitrogens with zero attached hydrogens (tertiary/aromatic N) is 2. The van der Waals surface area contributed by atoms with Gasteiger partial charge in [0.05, 0.1) is 0 Å². The van der Waals surface area contributed by atoms with E-state index in [1.54, 1.807) is 0 Å². The first-order valence-electron chi connectivity index (χ1n) is 5.51. The second kappa shape index (κ2) is 4.53. The maximum atomic E-state index is 5.68. The third kappa shape index (κ3) is 2.86. The molecule has 1 fully saturated rings. The van der Waals surface area contributed by atoms with Gasteiger partial charge in [0.1, 0.15) is 0 Å². The summed E-state index contributed by atoms with van der Waals surface area (Å²) in [5.74, 6) is 0. The standard InChI is InChI=1S/C12H19N3/c1-14-6-8-15(9-7-14)10-11-2-4-12(13)5-3-11/h2,4-5,10H,3,6-9,13H2,1H3. The number of allylic oxidation sites excluding steroid dienone is 4. The highest BCUT2D eigenvalue weighted by atomic mass is 15.2. The normalized spacial score (nSPS) is 25.8. The summed E-state index contributed by atoms with van der Waals surface area (Å²) in [7, 11) is 2.18. The second-order valence-electron chi connectivity index (χ2n) is 4.28. The van der Waals surface area contributed by atoms with Crippen molar-refractivity contribution in [3.8, 4) is 0 Å². The SMILES string of the molecule is CN1CCN(C=C2C=CC(N)=CC2)CC1. The van der Waals surface area contributed by atoms with Gasteiger partial charge in [0.2, 0.25) is 0 Å². The smallest absolute Gasteiger partial charge is 0.0300 e. The molecule has 0 radical (unpaired) electrons. The monoisotopic (exact) mass is 205 g/mol. The lowest BCUT2D eigenvalue weighted by molar-refractivity contribution is 0.198. The van der Waals surface area contributed by atoms with Gasteiger partial charge in [-0.2, -0.15) is 0 Å². The molecule has 0 bridgehead atoms. The Morgan fingerprint density at radius 1 is 1.20 bits per heavy atom. The summed E-state index contributed by atoms with van der Waals surface area (Å²) >= 11 is 0. The molecule has 2 aliphatic rings. The van der Waals surface area contributed by atoms with Gasteiger partial charge in [-0.1, -0.05) is 12.2 Å². The van der Waals surface area contributed by atoms with Crippen molar-refractivity contribution in [2.24, 2.45) is 5.73 Å². The van der Waals surface area contributed by atoms with Crippen molar-refractivity contribution in [1.82, 2.24) is 9.80 Å². The maximum absolute atomic E-state index is 5.68. The van der Waals surface area contributed by atoms with Crippen LogP contribution in [0.3, 0.4) is 0 Å². The van der Waals surface area contributed by atoms with Crippen molar-refractivity contribution in [3.63, 3.8) is 0 Å². The van der Waals surface area contributed by atoms with Crippen molar-refractivity contribution in [3.05, 3.63) is 35.7 Å². The van der Waals surface area contributed by atoms with Gasteiger partial charge >= 0.3 is 0 Å². The van der Waals surface area contributed by atoms with Crippen molar-refractivity contribution < 1.29 is 0 Å². The van der Waals surface area contributed by atoms with Gasteiger partial charge < -0.3 is 15.5 Å². The van der Waals surface area contributed by atoms with Crippen LogP contribution in [0.1, 0.15) is 6.42 Å². The molecule has 0 aromatic carbocycles. The number of piperazine rings is 1. The molecule has 1 aliphatic carbocycles. The Balaban J connectivity index is 1.91. The fourth-order valence-corrected chi connectivity index (χ4v) is 1.86. The van der Waals surface area contributed by atoms with Crippen LogP contribution in [0.5, 0.6) is 0 Å². The minimum atomic E-state index is 0.880. The van der Waals surface area contributed by atoms with Crippen LogP contribution in [0.2, 0.25) is 0 Å². The molecular weight excluding hydrogens is 186 g/mol. The maximum Gasteiger partial charge on any atom is 0.0300 e.